The van der Waals surface area contributed by atoms with E-state index in [0.29, 0.717) is 21.8 Å². The van der Waals surface area contributed by atoms with Crippen LogP contribution in [0.3, 0.4) is 0 Å². The molecule has 0 bridgehead atoms. The van der Waals surface area contributed by atoms with Gasteiger partial charge in [-0.15, -0.1) is 11.3 Å². The van der Waals surface area contributed by atoms with Gasteiger partial charge in [-0.25, -0.2) is 4.98 Å². The Morgan fingerprint density at radius 1 is 1.48 bits per heavy atom. The van der Waals surface area contributed by atoms with Crippen LogP contribution in [0.2, 0.25) is 5.02 Å². The summed E-state index contributed by atoms with van der Waals surface area (Å²) in [4.78, 5) is 20.2. The highest BCUT2D eigenvalue weighted by atomic mass is 35.5. The number of benzene rings is 1. The number of aromatic nitrogens is 1. The van der Waals surface area contributed by atoms with E-state index in [1.54, 1.807) is 24.3 Å². The molecule has 0 aliphatic carbocycles. The lowest BCUT2D eigenvalue weighted by atomic mass is 10.0. The molecule has 23 heavy (non-hydrogen) atoms. The van der Waals surface area contributed by atoms with Gasteiger partial charge in [0.1, 0.15) is 0 Å². The standard InChI is InChI=1S/C17H20ClN3OS/c1-12-5-2-3-8-21(12)11-15-10-19-17(23-15)20-16(22)13-6-4-7-14(18)9-13/h4,6-7,9-10,12H,2-3,5,8,11H2,1H3,(H,19,20,22). The molecule has 1 unspecified atom stereocenters. The first-order valence-corrected chi connectivity index (χ1v) is 9.07. The molecule has 122 valence electrons. The normalized spacial score (nSPS) is 18.8. The van der Waals surface area contributed by atoms with Crippen LogP contribution in [0.1, 0.15) is 41.4 Å². The fourth-order valence-corrected chi connectivity index (χ4v) is 3.85. The van der Waals surface area contributed by atoms with Gasteiger partial charge >= 0.3 is 0 Å². The van der Waals surface area contributed by atoms with Gasteiger partial charge in [0.05, 0.1) is 0 Å². The molecule has 1 atom stereocenters. The Balaban J connectivity index is 1.61. The number of nitrogens with zero attached hydrogens (tertiary/aromatic N) is 2. The highest BCUT2D eigenvalue weighted by Gasteiger charge is 2.19. The summed E-state index contributed by atoms with van der Waals surface area (Å²) >= 11 is 7.46. The SMILES string of the molecule is CC1CCCCN1Cc1cnc(NC(=O)c2cccc(Cl)c2)s1. The fourth-order valence-electron chi connectivity index (χ4n) is 2.83. The minimum atomic E-state index is -0.181. The summed E-state index contributed by atoms with van der Waals surface area (Å²) in [6, 6.07) is 7.53. The molecule has 1 N–H and O–H groups in total. The number of carbonyl (C=O) groups excluding carboxylic acids is 1. The molecule has 1 aliphatic rings. The van der Waals surface area contributed by atoms with Crippen LogP contribution in [-0.4, -0.2) is 28.4 Å². The van der Waals surface area contributed by atoms with E-state index in [0.717, 1.165) is 13.1 Å². The second kappa shape index (κ2) is 7.43. The number of carbonyl (C=O) groups is 1. The van der Waals surface area contributed by atoms with Gasteiger partial charge in [0.15, 0.2) is 5.13 Å². The first-order valence-electron chi connectivity index (χ1n) is 7.87. The van der Waals surface area contributed by atoms with E-state index >= 15 is 0 Å². The lowest BCUT2D eigenvalue weighted by molar-refractivity contribution is 0.102. The number of hydrogen-bond donors (Lipinski definition) is 1. The van der Waals surface area contributed by atoms with E-state index in [9.17, 15) is 4.79 Å². The van der Waals surface area contributed by atoms with Crippen LogP contribution in [0.15, 0.2) is 30.5 Å². The van der Waals surface area contributed by atoms with Crippen molar-refractivity contribution < 1.29 is 4.79 Å². The summed E-state index contributed by atoms with van der Waals surface area (Å²) in [7, 11) is 0. The molecule has 1 saturated heterocycles. The third-order valence-corrected chi connectivity index (χ3v) is 5.29. The van der Waals surface area contributed by atoms with Gasteiger partial charge in [-0.05, 0) is 44.5 Å². The van der Waals surface area contributed by atoms with Crippen molar-refractivity contribution in [3.63, 3.8) is 0 Å². The average molecular weight is 350 g/mol. The Bertz CT molecular complexity index is 688. The molecule has 0 radical (unpaired) electrons. The largest absolute Gasteiger partial charge is 0.298 e. The predicted octanol–water partition coefficient (Wildman–Crippen LogP) is 4.42. The third kappa shape index (κ3) is 4.31. The lowest BCUT2D eigenvalue weighted by Gasteiger charge is -2.32. The molecule has 1 aromatic heterocycles. The quantitative estimate of drug-likeness (QED) is 0.888. The molecule has 0 saturated carbocycles. The van der Waals surface area contributed by atoms with E-state index < -0.39 is 0 Å². The topological polar surface area (TPSA) is 45.2 Å². The van der Waals surface area contributed by atoms with Crippen molar-refractivity contribution in [2.45, 2.75) is 38.8 Å². The molecule has 4 nitrogen and oxygen atoms in total. The minimum Gasteiger partial charge on any atom is -0.298 e. The van der Waals surface area contributed by atoms with Crippen LogP contribution in [-0.2, 0) is 6.54 Å². The highest BCUT2D eigenvalue weighted by Crippen LogP contribution is 2.24. The lowest BCUT2D eigenvalue weighted by Crippen LogP contribution is -2.36. The summed E-state index contributed by atoms with van der Waals surface area (Å²) in [5.74, 6) is -0.181. The molecule has 2 aromatic rings. The number of rotatable bonds is 4. The molecular weight excluding hydrogens is 330 g/mol. The maximum Gasteiger partial charge on any atom is 0.257 e. The van der Waals surface area contributed by atoms with E-state index in [2.05, 4.69) is 22.1 Å². The van der Waals surface area contributed by atoms with Crippen LogP contribution in [0, 0.1) is 0 Å². The van der Waals surface area contributed by atoms with Gasteiger partial charge in [-0.1, -0.05) is 24.1 Å². The Kier molecular flexibility index (Phi) is 5.30. The van der Waals surface area contributed by atoms with Crippen molar-refractivity contribution in [2.75, 3.05) is 11.9 Å². The Morgan fingerprint density at radius 2 is 2.35 bits per heavy atom. The van der Waals surface area contributed by atoms with Crippen LogP contribution in [0.5, 0.6) is 0 Å². The number of halogens is 1. The number of hydrogen-bond acceptors (Lipinski definition) is 4. The molecule has 3 rings (SSSR count). The zero-order chi connectivity index (χ0) is 16.2. The summed E-state index contributed by atoms with van der Waals surface area (Å²) in [5.41, 5.74) is 0.541. The van der Waals surface area contributed by atoms with Crippen molar-refractivity contribution in [1.29, 1.82) is 0 Å². The summed E-state index contributed by atoms with van der Waals surface area (Å²) < 4.78 is 0. The molecule has 1 amide bonds. The molecule has 6 heteroatoms. The minimum absolute atomic E-state index is 0.181. The van der Waals surface area contributed by atoms with Gasteiger partial charge in [-0.3, -0.25) is 15.0 Å². The average Bonchev–Trinajstić information content (AvgIpc) is 2.97. The number of thiazole rings is 1. The summed E-state index contributed by atoms with van der Waals surface area (Å²) in [6.07, 6.45) is 5.71. The van der Waals surface area contributed by atoms with E-state index in [-0.39, 0.29) is 5.91 Å². The number of anilines is 1. The summed E-state index contributed by atoms with van der Waals surface area (Å²) in [5, 5.41) is 4.03. The molecule has 2 heterocycles. The summed E-state index contributed by atoms with van der Waals surface area (Å²) in [6.45, 7) is 4.33. The van der Waals surface area contributed by atoms with Crippen LogP contribution in [0.4, 0.5) is 5.13 Å². The maximum atomic E-state index is 12.2. The number of amides is 1. The third-order valence-electron chi connectivity index (χ3n) is 4.16. The van der Waals surface area contributed by atoms with Gasteiger partial charge in [-0.2, -0.15) is 0 Å². The van der Waals surface area contributed by atoms with E-state index in [4.69, 9.17) is 11.6 Å². The second-order valence-corrected chi connectivity index (χ2v) is 7.46. The Morgan fingerprint density at radius 3 is 3.13 bits per heavy atom. The predicted molar refractivity (Wildman–Crippen MR) is 95.2 cm³/mol. The number of likely N-dealkylation sites (tertiary alicyclic amines) is 1. The zero-order valence-electron chi connectivity index (χ0n) is 13.1. The molecule has 0 spiro atoms. The van der Waals surface area contributed by atoms with Crippen LogP contribution < -0.4 is 5.32 Å². The van der Waals surface area contributed by atoms with E-state index in [1.165, 1.54) is 35.5 Å². The van der Waals surface area contributed by atoms with Gasteiger partial charge < -0.3 is 0 Å². The first kappa shape index (κ1) is 16.4. The van der Waals surface area contributed by atoms with Crippen molar-refractivity contribution in [2.24, 2.45) is 0 Å². The smallest absolute Gasteiger partial charge is 0.257 e. The molecule has 1 aliphatic heterocycles. The first-order chi connectivity index (χ1) is 11.1. The molecule has 1 fully saturated rings. The van der Waals surface area contributed by atoms with E-state index in [1.807, 2.05) is 6.20 Å². The van der Waals surface area contributed by atoms with Crippen LogP contribution >= 0.6 is 22.9 Å². The van der Waals surface area contributed by atoms with Crippen molar-refractivity contribution in [3.8, 4) is 0 Å². The second-order valence-electron chi connectivity index (χ2n) is 5.91. The number of piperidine rings is 1. The van der Waals surface area contributed by atoms with Gasteiger partial charge in [0.2, 0.25) is 0 Å². The van der Waals surface area contributed by atoms with Crippen LogP contribution in [0.25, 0.3) is 0 Å². The fraction of sp³-hybridized carbons (Fsp3) is 0.412. The maximum absolute atomic E-state index is 12.2. The van der Waals surface area contributed by atoms with Crippen molar-refractivity contribution >= 4 is 34.0 Å². The van der Waals surface area contributed by atoms with Gasteiger partial charge in [0, 0.05) is 34.2 Å². The monoisotopic (exact) mass is 349 g/mol. The van der Waals surface area contributed by atoms with Gasteiger partial charge in [0.25, 0.3) is 5.91 Å². The van der Waals surface area contributed by atoms with Crippen molar-refractivity contribution in [3.05, 3.63) is 45.9 Å². The zero-order valence-corrected chi connectivity index (χ0v) is 14.7. The number of nitrogens with one attached hydrogen (secondary N) is 1. The Labute approximate surface area is 145 Å². The van der Waals surface area contributed by atoms with Crippen molar-refractivity contribution in [1.82, 2.24) is 9.88 Å². The Hall–Kier alpha value is -1.43. The molecule has 1 aromatic carbocycles. The molecular formula is C17H20ClN3OS. The highest BCUT2D eigenvalue weighted by molar-refractivity contribution is 7.15.